The van der Waals surface area contributed by atoms with Gasteiger partial charge in [0.25, 0.3) is 0 Å². The normalized spacial score (nSPS) is 14.9. The van der Waals surface area contributed by atoms with Gasteiger partial charge < -0.3 is 20.3 Å². The standard InChI is InChI=1S/C22H32FN3O4/c1-22(2,3)30-21(29)24-11-8-20(28)26-12-9-16(10-13-26)15-25-19(27)14-17-6-4-5-7-18(17)23/h4-7,16H,8-15H2,1-3H3,(H,24,29)(H,25,27). The Bertz CT molecular complexity index is 740. The summed E-state index contributed by atoms with van der Waals surface area (Å²) in [6.07, 6.45) is 1.31. The summed E-state index contributed by atoms with van der Waals surface area (Å²) < 4.78 is 18.8. The first-order chi connectivity index (χ1) is 14.1. The van der Waals surface area contributed by atoms with E-state index >= 15 is 0 Å². The van der Waals surface area contributed by atoms with E-state index in [0.29, 0.717) is 31.1 Å². The van der Waals surface area contributed by atoms with Crippen molar-refractivity contribution in [3.05, 3.63) is 35.6 Å². The van der Waals surface area contributed by atoms with Crippen LogP contribution in [0.1, 0.15) is 45.6 Å². The number of carbonyl (C=O) groups is 3. The van der Waals surface area contributed by atoms with Crippen molar-refractivity contribution in [1.82, 2.24) is 15.5 Å². The fourth-order valence-electron chi connectivity index (χ4n) is 3.27. The van der Waals surface area contributed by atoms with E-state index in [4.69, 9.17) is 4.74 Å². The van der Waals surface area contributed by atoms with Crippen LogP contribution in [-0.4, -0.2) is 54.6 Å². The third kappa shape index (κ3) is 8.39. The van der Waals surface area contributed by atoms with Gasteiger partial charge in [-0.25, -0.2) is 9.18 Å². The smallest absolute Gasteiger partial charge is 0.407 e. The molecule has 0 saturated carbocycles. The topological polar surface area (TPSA) is 87.7 Å². The summed E-state index contributed by atoms with van der Waals surface area (Å²) in [6.45, 7) is 7.35. The number of ether oxygens (including phenoxy) is 1. The molecule has 30 heavy (non-hydrogen) atoms. The largest absolute Gasteiger partial charge is 0.444 e. The molecule has 1 fully saturated rings. The number of likely N-dealkylation sites (tertiary alicyclic amines) is 1. The molecule has 166 valence electrons. The van der Waals surface area contributed by atoms with E-state index in [9.17, 15) is 18.8 Å². The molecule has 0 unspecified atom stereocenters. The van der Waals surface area contributed by atoms with Crippen LogP contribution in [0.3, 0.4) is 0 Å². The van der Waals surface area contributed by atoms with Crippen LogP contribution in [0.4, 0.5) is 9.18 Å². The Balaban J connectivity index is 1.62. The van der Waals surface area contributed by atoms with Crippen molar-refractivity contribution in [1.29, 1.82) is 0 Å². The SMILES string of the molecule is CC(C)(C)OC(=O)NCCC(=O)N1CCC(CNC(=O)Cc2ccccc2F)CC1. The molecule has 0 atom stereocenters. The first-order valence-corrected chi connectivity index (χ1v) is 10.4. The van der Waals surface area contributed by atoms with E-state index in [0.717, 1.165) is 12.8 Å². The summed E-state index contributed by atoms with van der Waals surface area (Å²) in [4.78, 5) is 37.7. The first kappa shape index (κ1) is 23.6. The Kier molecular flexibility index (Phi) is 8.62. The highest BCUT2D eigenvalue weighted by molar-refractivity contribution is 5.78. The van der Waals surface area contributed by atoms with Crippen LogP contribution >= 0.6 is 0 Å². The number of amides is 3. The quantitative estimate of drug-likeness (QED) is 0.709. The molecule has 1 saturated heterocycles. The van der Waals surface area contributed by atoms with Crippen LogP contribution in [0.15, 0.2) is 24.3 Å². The van der Waals surface area contributed by atoms with Gasteiger partial charge in [0.2, 0.25) is 11.8 Å². The Morgan fingerprint density at radius 2 is 1.80 bits per heavy atom. The van der Waals surface area contributed by atoms with E-state index in [-0.39, 0.29) is 37.0 Å². The average Bonchev–Trinajstić information content (AvgIpc) is 2.67. The predicted octanol–water partition coefficient (Wildman–Crippen LogP) is 2.64. The van der Waals surface area contributed by atoms with Crippen LogP contribution < -0.4 is 10.6 Å². The monoisotopic (exact) mass is 421 g/mol. The molecule has 1 heterocycles. The summed E-state index contributed by atoms with van der Waals surface area (Å²) in [7, 11) is 0. The molecule has 1 aliphatic rings. The van der Waals surface area contributed by atoms with Crippen LogP contribution in [0, 0.1) is 11.7 Å². The molecule has 0 aliphatic carbocycles. The molecule has 7 nitrogen and oxygen atoms in total. The lowest BCUT2D eigenvalue weighted by atomic mass is 9.96. The highest BCUT2D eigenvalue weighted by Gasteiger charge is 2.23. The fraction of sp³-hybridized carbons (Fsp3) is 0.591. The van der Waals surface area contributed by atoms with Gasteiger partial charge in [0, 0.05) is 32.6 Å². The number of nitrogens with zero attached hydrogens (tertiary/aromatic N) is 1. The molecule has 1 aromatic rings. The van der Waals surface area contributed by atoms with E-state index in [1.54, 1.807) is 43.9 Å². The van der Waals surface area contributed by atoms with E-state index in [1.165, 1.54) is 6.07 Å². The lowest BCUT2D eigenvalue weighted by Crippen LogP contribution is -2.43. The summed E-state index contributed by atoms with van der Waals surface area (Å²) >= 11 is 0. The van der Waals surface area contributed by atoms with Gasteiger partial charge in [0.1, 0.15) is 11.4 Å². The summed E-state index contributed by atoms with van der Waals surface area (Å²) in [5.41, 5.74) is -0.184. The maximum atomic E-state index is 13.6. The molecule has 1 aromatic carbocycles. The number of rotatable bonds is 7. The maximum absolute atomic E-state index is 13.6. The van der Waals surface area contributed by atoms with Gasteiger partial charge in [0.05, 0.1) is 6.42 Å². The summed E-state index contributed by atoms with van der Waals surface area (Å²) in [5.74, 6) is -0.293. The molecule has 0 bridgehead atoms. The van der Waals surface area contributed by atoms with Crippen molar-refractivity contribution in [3.8, 4) is 0 Å². The van der Waals surface area contributed by atoms with Gasteiger partial charge >= 0.3 is 6.09 Å². The number of benzene rings is 1. The number of nitrogens with one attached hydrogen (secondary N) is 2. The van der Waals surface area contributed by atoms with Crippen molar-refractivity contribution in [3.63, 3.8) is 0 Å². The lowest BCUT2D eigenvalue weighted by molar-refractivity contribution is -0.132. The Morgan fingerprint density at radius 3 is 2.43 bits per heavy atom. The minimum absolute atomic E-state index is 0.00639. The molecule has 3 amide bonds. The second-order valence-corrected chi connectivity index (χ2v) is 8.58. The van der Waals surface area contributed by atoms with Crippen LogP contribution in [0.5, 0.6) is 0 Å². The van der Waals surface area contributed by atoms with Crippen LogP contribution in [-0.2, 0) is 20.7 Å². The number of hydrogen-bond acceptors (Lipinski definition) is 4. The van der Waals surface area contributed by atoms with Crippen molar-refractivity contribution in [2.75, 3.05) is 26.2 Å². The zero-order valence-corrected chi connectivity index (χ0v) is 18.0. The lowest BCUT2D eigenvalue weighted by Gasteiger charge is -2.32. The number of hydrogen-bond donors (Lipinski definition) is 2. The highest BCUT2D eigenvalue weighted by Crippen LogP contribution is 2.17. The van der Waals surface area contributed by atoms with Gasteiger partial charge in [-0.3, -0.25) is 9.59 Å². The summed E-state index contributed by atoms with van der Waals surface area (Å²) in [6, 6.07) is 6.26. The molecule has 2 rings (SSSR count). The molecule has 8 heteroatoms. The van der Waals surface area contributed by atoms with Crippen molar-refractivity contribution in [2.24, 2.45) is 5.92 Å². The number of piperidine rings is 1. The number of carbonyl (C=O) groups excluding carboxylic acids is 3. The third-order valence-corrected chi connectivity index (χ3v) is 4.87. The van der Waals surface area contributed by atoms with Gasteiger partial charge in [0.15, 0.2) is 0 Å². The number of halogens is 1. The van der Waals surface area contributed by atoms with Crippen LogP contribution in [0.2, 0.25) is 0 Å². The zero-order chi connectivity index (χ0) is 22.1. The molecule has 2 N–H and O–H groups in total. The third-order valence-electron chi connectivity index (χ3n) is 4.87. The fourth-order valence-corrected chi connectivity index (χ4v) is 3.27. The molecule has 0 radical (unpaired) electrons. The zero-order valence-electron chi connectivity index (χ0n) is 18.0. The summed E-state index contributed by atoms with van der Waals surface area (Å²) in [5, 5.41) is 5.46. The Morgan fingerprint density at radius 1 is 1.13 bits per heavy atom. The molecule has 1 aliphatic heterocycles. The van der Waals surface area contributed by atoms with E-state index in [2.05, 4.69) is 10.6 Å². The van der Waals surface area contributed by atoms with Gasteiger partial charge in [-0.1, -0.05) is 18.2 Å². The van der Waals surface area contributed by atoms with Gasteiger partial charge in [-0.05, 0) is 51.2 Å². The van der Waals surface area contributed by atoms with E-state index in [1.807, 2.05) is 0 Å². The molecular weight excluding hydrogens is 389 g/mol. The second-order valence-electron chi connectivity index (χ2n) is 8.58. The van der Waals surface area contributed by atoms with Crippen molar-refractivity contribution in [2.45, 2.75) is 52.1 Å². The minimum atomic E-state index is -0.569. The van der Waals surface area contributed by atoms with Crippen molar-refractivity contribution < 1.29 is 23.5 Å². The molecular formula is C22H32FN3O4. The minimum Gasteiger partial charge on any atom is -0.444 e. The predicted molar refractivity (Wildman–Crippen MR) is 111 cm³/mol. The highest BCUT2D eigenvalue weighted by atomic mass is 19.1. The van der Waals surface area contributed by atoms with Crippen LogP contribution in [0.25, 0.3) is 0 Å². The Hall–Kier alpha value is -2.64. The molecule has 0 spiro atoms. The average molecular weight is 422 g/mol. The van der Waals surface area contributed by atoms with Gasteiger partial charge in [-0.2, -0.15) is 0 Å². The second kappa shape index (κ2) is 10.9. The van der Waals surface area contributed by atoms with Gasteiger partial charge in [-0.15, -0.1) is 0 Å². The Labute approximate surface area is 177 Å². The first-order valence-electron chi connectivity index (χ1n) is 10.4. The van der Waals surface area contributed by atoms with Crippen molar-refractivity contribution >= 4 is 17.9 Å². The number of alkyl carbamates (subject to hydrolysis) is 1. The van der Waals surface area contributed by atoms with E-state index < -0.39 is 11.7 Å². The maximum Gasteiger partial charge on any atom is 0.407 e. The molecule has 0 aromatic heterocycles.